The number of methoxy groups -OCH3 is 2. The number of Topliss-reactive ketones (excluding diaryl/α,β-unsaturated/α-hetero) is 1. The molecule has 0 saturated carbocycles. The first-order valence-electron chi connectivity index (χ1n) is 16.4. The molecule has 2 N–H and O–H groups in total. The van der Waals surface area contributed by atoms with E-state index in [4.69, 9.17) is 29.7 Å². The average molecular weight is 648 g/mol. The molecule has 0 radical (unpaired) electrons. The molecule has 0 atom stereocenters. The Kier molecular flexibility index (Phi) is 12.2. The van der Waals surface area contributed by atoms with Gasteiger partial charge in [0.15, 0.2) is 5.78 Å². The summed E-state index contributed by atoms with van der Waals surface area (Å²) in [5.41, 5.74) is 14.4. The maximum Gasteiger partial charge on any atom is 0.162 e. The molecule has 0 saturated heterocycles. The monoisotopic (exact) mass is 647 g/mol. The summed E-state index contributed by atoms with van der Waals surface area (Å²) in [5.74, 6) is 2.54. The third kappa shape index (κ3) is 8.77. The van der Waals surface area contributed by atoms with E-state index in [0.717, 1.165) is 51.0 Å². The topological polar surface area (TPSA) is 97.8 Å². The number of carbonyl (C=O) groups is 1. The minimum atomic E-state index is 0.101. The van der Waals surface area contributed by atoms with Crippen molar-refractivity contribution in [3.8, 4) is 45.4 Å². The minimum absolute atomic E-state index is 0.101. The van der Waals surface area contributed by atoms with Crippen LogP contribution in [0.25, 0.3) is 33.9 Å². The fourth-order valence-corrected chi connectivity index (χ4v) is 5.79. The molecule has 0 bridgehead atoms. The molecule has 250 valence electrons. The van der Waals surface area contributed by atoms with Gasteiger partial charge in [-0.3, -0.25) is 4.79 Å². The number of hydrogen-bond acceptors (Lipinski definition) is 7. The van der Waals surface area contributed by atoms with Gasteiger partial charge in [0.25, 0.3) is 0 Å². The number of ketones is 1. The van der Waals surface area contributed by atoms with Crippen molar-refractivity contribution < 1.29 is 23.7 Å². The van der Waals surface area contributed by atoms with Crippen molar-refractivity contribution in [1.82, 2.24) is 9.55 Å². The van der Waals surface area contributed by atoms with E-state index < -0.39 is 0 Å². The van der Waals surface area contributed by atoms with Gasteiger partial charge in [-0.2, -0.15) is 0 Å². The second-order valence-electron chi connectivity index (χ2n) is 11.8. The highest BCUT2D eigenvalue weighted by Gasteiger charge is 2.22. The third-order valence-corrected chi connectivity index (χ3v) is 8.12. The smallest absolute Gasteiger partial charge is 0.162 e. The second kappa shape index (κ2) is 16.9. The van der Waals surface area contributed by atoms with Crippen molar-refractivity contribution in [3.05, 3.63) is 113 Å². The van der Waals surface area contributed by atoms with E-state index in [0.29, 0.717) is 57.9 Å². The first kappa shape index (κ1) is 34.6. The predicted molar refractivity (Wildman–Crippen MR) is 191 cm³/mol. The Labute approximate surface area is 283 Å². The van der Waals surface area contributed by atoms with Gasteiger partial charge in [0.2, 0.25) is 0 Å². The van der Waals surface area contributed by atoms with Gasteiger partial charge in [-0.15, -0.1) is 0 Å². The summed E-state index contributed by atoms with van der Waals surface area (Å²) in [4.78, 5) is 18.3. The lowest BCUT2D eigenvalue weighted by atomic mass is 10.0. The van der Waals surface area contributed by atoms with Crippen LogP contribution in [0.4, 0.5) is 0 Å². The standard InChI is InChI=1S/C40H45N3O5/c1-28-24-29(2)26-34(25-28)40-42-38(32-11-15-35(45-3)16-12-32)39(33-13-17-36(46-4)18-14-33)43(40)27-30-7-9-31(10-8-30)37(44)6-5-20-47-22-23-48-21-19-41/h7-18,24-26H,5-6,19-23,27,41H2,1-4H3. The van der Waals surface area contributed by atoms with E-state index in [-0.39, 0.29) is 5.78 Å². The Morgan fingerprint density at radius 2 is 1.29 bits per heavy atom. The van der Waals surface area contributed by atoms with Gasteiger partial charge < -0.3 is 29.2 Å². The lowest BCUT2D eigenvalue weighted by Gasteiger charge is -2.15. The largest absolute Gasteiger partial charge is 0.497 e. The van der Waals surface area contributed by atoms with E-state index in [2.05, 4.69) is 48.7 Å². The molecule has 0 aliphatic heterocycles. The molecule has 0 fully saturated rings. The van der Waals surface area contributed by atoms with Crippen LogP contribution in [0.2, 0.25) is 0 Å². The van der Waals surface area contributed by atoms with Crippen LogP contribution in [0, 0.1) is 13.8 Å². The van der Waals surface area contributed by atoms with Gasteiger partial charge in [0.05, 0.1) is 45.4 Å². The van der Waals surface area contributed by atoms with Gasteiger partial charge in [-0.05, 0) is 86.5 Å². The number of benzene rings is 4. The molecule has 1 heterocycles. The second-order valence-corrected chi connectivity index (χ2v) is 11.8. The Hall–Kier alpha value is -4.76. The number of carbonyl (C=O) groups excluding carboxylic acids is 1. The number of nitrogens with two attached hydrogens (primary N) is 1. The lowest BCUT2D eigenvalue weighted by molar-refractivity contribution is 0.0489. The van der Waals surface area contributed by atoms with Crippen LogP contribution in [0.5, 0.6) is 11.5 Å². The third-order valence-electron chi connectivity index (χ3n) is 8.12. The Morgan fingerprint density at radius 3 is 1.88 bits per heavy atom. The highest BCUT2D eigenvalue weighted by Crippen LogP contribution is 2.38. The Balaban J connectivity index is 1.47. The van der Waals surface area contributed by atoms with Crippen LogP contribution in [-0.2, 0) is 16.0 Å². The van der Waals surface area contributed by atoms with Crippen molar-refractivity contribution in [2.75, 3.05) is 47.2 Å². The normalized spacial score (nSPS) is 11.1. The first-order valence-corrected chi connectivity index (χ1v) is 16.4. The van der Waals surface area contributed by atoms with Crippen LogP contribution in [0.3, 0.4) is 0 Å². The number of aromatic nitrogens is 2. The summed E-state index contributed by atoms with van der Waals surface area (Å²) in [6, 6.07) is 30.6. The zero-order valence-corrected chi connectivity index (χ0v) is 28.3. The maximum atomic E-state index is 13.0. The molecular formula is C40H45N3O5. The summed E-state index contributed by atoms with van der Waals surface area (Å²) in [5, 5.41) is 0. The molecule has 8 nitrogen and oxygen atoms in total. The van der Waals surface area contributed by atoms with Crippen LogP contribution in [0.15, 0.2) is 91.0 Å². The van der Waals surface area contributed by atoms with E-state index >= 15 is 0 Å². The molecule has 5 rings (SSSR count). The van der Waals surface area contributed by atoms with Crippen LogP contribution < -0.4 is 15.2 Å². The first-order chi connectivity index (χ1) is 23.4. The summed E-state index contributed by atoms with van der Waals surface area (Å²) in [6.45, 7) is 7.33. The summed E-state index contributed by atoms with van der Waals surface area (Å²) in [6.07, 6.45) is 1.08. The fourth-order valence-electron chi connectivity index (χ4n) is 5.79. The fraction of sp³-hybridized carbons (Fsp3) is 0.300. The molecule has 1 aromatic heterocycles. The molecule has 8 heteroatoms. The summed E-state index contributed by atoms with van der Waals surface area (Å²) >= 11 is 0. The Morgan fingerprint density at radius 1 is 0.708 bits per heavy atom. The zero-order valence-electron chi connectivity index (χ0n) is 28.3. The average Bonchev–Trinajstić information content (AvgIpc) is 3.48. The van der Waals surface area contributed by atoms with E-state index in [1.807, 2.05) is 60.7 Å². The Bertz CT molecular complexity index is 1760. The van der Waals surface area contributed by atoms with Crippen LogP contribution in [-0.4, -0.2) is 62.5 Å². The number of imidazole rings is 1. The van der Waals surface area contributed by atoms with Crippen LogP contribution >= 0.6 is 0 Å². The van der Waals surface area contributed by atoms with Gasteiger partial charge in [0.1, 0.15) is 17.3 Å². The summed E-state index contributed by atoms with van der Waals surface area (Å²) < 4.78 is 24.1. The number of ether oxygens (including phenoxy) is 4. The van der Waals surface area contributed by atoms with Gasteiger partial charge in [-0.1, -0.05) is 41.5 Å². The number of hydrogen-bond donors (Lipinski definition) is 1. The maximum absolute atomic E-state index is 13.0. The van der Waals surface area contributed by atoms with Crippen LogP contribution in [0.1, 0.15) is 39.9 Å². The predicted octanol–water partition coefficient (Wildman–Crippen LogP) is 7.52. The van der Waals surface area contributed by atoms with E-state index in [1.165, 1.54) is 11.1 Å². The van der Waals surface area contributed by atoms with E-state index in [1.54, 1.807) is 14.2 Å². The molecule has 0 aliphatic carbocycles. The minimum Gasteiger partial charge on any atom is -0.497 e. The summed E-state index contributed by atoms with van der Waals surface area (Å²) in [7, 11) is 3.34. The number of aryl methyl sites for hydroxylation is 2. The van der Waals surface area contributed by atoms with Crippen molar-refractivity contribution in [2.24, 2.45) is 5.73 Å². The van der Waals surface area contributed by atoms with Gasteiger partial charge in [-0.25, -0.2) is 4.98 Å². The molecule has 48 heavy (non-hydrogen) atoms. The zero-order chi connectivity index (χ0) is 33.9. The van der Waals surface area contributed by atoms with Crippen molar-refractivity contribution >= 4 is 5.78 Å². The number of rotatable bonds is 17. The van der Waals surface area contributed by atoms with Gasteiger partial charge >= 0.3 is 0 Å². The molecule has 4 aromatic carbocycles. The lowest BCUT2D eigenvalue weighted by Crippen LogP contribution is -2.12. The molecular weight excluding hydrogens is 602 g/mol. The van der Waals surface area contributed by atoms with E-state index in [9.17, 15) is 4.79 Å². The molecule has 0 aliphatic rings. The highest BCUT2D eigenvalue weighted by atomic mass is 16.5. The molecule has 0 unspecified atom stereocenters. The van der Waals surface area contributed by atoms with Crippen molar-refractivity contribution in [2.45, 2.75) is 33.2 Å². The van der Waals surface area contributed by atoms with Crippen molar-refractivity contribution in [3.63, 3.8) is 0 Å². The van der Waals surface area contributed by atoms with Gasteiger partial charge in [0, 0.05) is 48.4 Å². The number of nitrogens with zero attached hydrogens (tertiary/aromatic N) is 2. The highest BCUT2D eigenvalue weighted by molar-refractivity contribution is 5.96. The SMILES string of the molecule is COc1ccc(-c2nc(-c3cc(C)cc(C)c3)n(Cc3ccc(C(=O)CCCOCCOCCN)cc3)c2-c2ccc(OC)cc2)cc1. The quantitative estimate of drug-likeness (QED) is 0.0824. The van der Waals surface area contributed by atoms with Crippen molar-refractivity contribution in [1.29, 1.82) is 0 Å². The molecule has 5 aromatic rings. The molecule has 0 spiro atoms. The molecule has 0 amide bonds.